The van der Waals surface area contributed by atoms with E-state index in [1.165, 1.54) is 0 Å². The first-order chi connectivity index (χ1) is 7.20. The Morgan fingerprint density at radius 1 is 1.25 bits per heavy atom. The molecule has 0 heterocycles. The average Bonchev–Trinajstić information content (AvgIpc) is 2.61. The zero-order valence-corrected chi connectivity index (χ0v) is 9.69. The standard InChI is InChI=1S/C12H15NO2.ClH/c13-10-7-6-9(11(10)12(14)15)8-4-2-1-3-5-8;/h1-5,9-11H,6-7,13H2,(H,14,15);1H. The largest absolute Gasteiger partial charge is 0.481 e. The zero-order valence-electron chi connectivity index (χ0n) is 8.87. The molecule has 0 spiro atoms. The molecule has 0 aromatic heterocycles. The molecule has 3 N–H and O–H groups in total. The molecule has 88 valence electrons. The number of halogens is 1. The van der Waals surface area contributed by atoms with Crippen molar-refractivity contribution >= 4 is 18.4 Å². The topological polar surface area (TPSA) is 63.3 Å². The summed E-state index contributed by atoms with van der Waals surface area (Å²) in [7, 11) is 0. The van der Waals surface area contributed by atoms with Gasteiger partial charge in [-0.15, -0.1) is 12.4 Å². The van der Waals surface area contributed by atoms with Gasteiger partial charge in [0.1, 0.15) is 0 Å². The summed E-state index contributed by atoms with van der Waals surface area (Å²) in [6.45, 7) is 0. The van der Waals surface area contributed by atoms with Gasteiger partial charge in [0, 0.05) is 6.04 Å². The molecule has 16 heavy (non-hydrogen) atoms. The maximum atomic E-state index is 11.1. The number of rotatable bonds is 2. The van der Waals surface area contributed by atoms with Gasteiger partial charge < -0.3 is 10.8 Å². The lowest BCUT2D eigenvalue weighted by atomic mass is 9.88. The molecule has 1 fully saturated rings. The Hall–Kier alpha value is -1.06. The first-order valence-corrected chi connectivity index (χ1v) is 5.23. The second kappa shape index (κ2) is 5.32. The SMILES string of the molecule is Cl.NC1CCC(c2ccccc2)C1C(=O)O. The molecular formula is C12H16ClNO2. The molecule has 3 nitrogen and oxygen atoms in total. The molecule has 1 aromatic carbocycles. The highest BCUT2D eigenvalue weighted by Crippen LogP contribution is 2.38. The monoisotopic (exact) mass is 241 g/mol. The summed E-state index contributed by atoms with van der Waals surface area (Å²) in [5, 5.41) is 9.14. The maximum absolute atomic E-state index is 11.1. The van der Waals surface area contributed by atoms with Crippen LogP contribution in [0.25, 0.3) is 0 Å². The van der Waals surface area contributed by atoms with Crippen molar-refractivity contribution in [2.24, 2.45) is 11.7 Å². The fourth-order valence-electron chi connectivity index (χ4n) is 2.46. The van der Waals surface area contributed by atoms with E-state index in [-0.39, 0.29) is 24.4 Å². The number of hydrogen-bond acceptors (Lipinski definition) is 2. The van der Waals surface area contributed by atoms with Gasteiger partial charge in [0.05, 0.1) is 5.92 Å². The summed E-state index contributed by atoms with van der Waals surface area (Å²) in [6.07, 6.45) is 1.68. The molecule has 0 amide bonds. The van der Waals surface area contributed by atoms with Crippen molar-refractivity contribution in [1.29, 1.82) is 0 Å². The van der Waals surface area contributed by atoms with Gasteiger partial charge in [-0.25, -0.2) is 0 Å². The molecule has 2 rings (SSSR count). The first kappa shape index (κ1) is 13.0. The van der Waals surface area contributed by atoms with Crippen LogP contribution in [0.1, 0.15) is 24.3 Å². The number of carboxylic acid groups (broad SMARTS) is 1. The predicted molar refractivity (Wildman–Crippen MR) is 64.8 cm³/mol. The van der Waals surface area contributed by atoms with Gasteiger partial charge in [0.25, 0.3) is 0 Å². The third kappa shape index (κ3) is 2.36. The highest BCUT2D eigenvalue weighted by atomic mass is 35.5. The highest BCUT2D eigenvalue weighted by molar-refractivity contribution is 5.85. The second-order valence-electron chi connectivity index (χ2n) is 4.12. The third-order valence-electron chi connectivity index (χ3n) is 3.22. The van der Waals surface area contributed by atoms with Gasteiger partial charge in [-0.2, -0.15) is 0 Å². The van der Waals surface area contributed by atoms with E-state index in [2.05, 4.69) is 0 Å². The van der Waals surface area contributed by atoms with E-state index >= 15 is 0 Å². The Morgan fingerprint density at radius 3 is 2.44 bits per heavy atom. The van der Waals surface area contributed by atoms with E-state index in [1.54, 1.807) is 0 Å². The number of carboxylic acids is 1. The van der Waals surface area contributed by atoms with Crippen molar-refractivity contribution in [1.82, 2.24) is 0 Å². The minimum absolute atomic E-state index is 0. The molecule has 3 unspecified atom stereocenters. The van der Waals surface area contributed by atoms with Crippen molar-refractivity contribution in [3.05, 3.63) is 35.9 Å². The van der Waals surface area contributed by atoms with Crippen LogP contribution in [0.4, 0.5) is 0 Å². The lowest BCUT2D eigenvalue weighted by Crippen LogP contribution is -2.33. The molecule has 0 saturated heterocycles. The summed E-state index contributed by atoms with van der Waals surface area (Å²) in [5.74, 6) is -1.11. The number of hydrogen-bond donors (Lipinski definition) is 2. The zero-order chi connectivity index (χ0) is 10.8. The van der Waals surface area contributed by atoms with Gasteiger partial charge in [-0.1, -0.05) is 30.3 Å². The van der Waals surface area contributed by atoms with Crippen LogP contribution in [0.15, 0.2) is 30.3 Å². The molecule has 1 aromatic rings. The molecule has 1 aliphatic carbocycles. The normalized spacial score (nSPS) is 28.4. The van der Waals surface area contributed by atoms with Crippen molar-refractivity contribution in [2.45, 2.75) is 24.8 Å². The minimum Gasteiger partial charge on any atom is -0.481 e. The average molecular weight is 242 g/mol. The van der Waals surface area contributed by atoms with Crippen LogP contribution in [-0.4, -0.2) is 17.1 Å². The lowest BCUT2D eigenvalue weighted by Gasteiger charge is -2.18. The fraction of sp³-hybridized carbons (Fsp3) is 0.417. The van der Waals surface area contributed by atoms with E-state index in [0.29, 0.717) is 0 Å². The summed E-state index contributed by atoms with van der Waals surface area (Å²) in [6, 6.07) is 9.59. The predicted octanol–water partition coefficient (Wildman–Crippen LogP) is 2.01. The molecule has 0 radical (unpaired) electrons. The molecule has 1 aliphatic rings. The summed E-state index contributed by atoms with van der Waals surface area (Å²) in [4.78, 5) is 11.1. The Labute approximate surface area is 101 Å². The van der Waals surface area contributed by atoms with Gasteiger partial charge >= 0.3 is 5.97 Å². The van der Waals surface area contributed by atoms with Crippen LogP contribution in [-0.2, 0) is 4.79 Å². The molecule has 0 bridgehead atoms. The Balaban J connectivity index is 0.00000128. The maximum Gasteiger partial charge on any atom is 0.308 e. The summed E-state index contributed by atoms with van der Waals surface area (Å²) in [5.41, 5.74) is 6.92. The van der Waals surface area contributed by atoms with Gasteiger partial charge in [-0.3, -0.25) is 4.79 Å². The van der Waals surface area contributed by atoms with Crippen molar-refractivity contribution in [3.63, 3.8) is 0 Å². The van der Waals surface area contributed by atoms with E-state index < -0.39 is 11.9 Å². The highest BCUT2D eigenvalue weighted by Gasteiger charge is 2.39. The van der Waals surface area contributed by atoms with Crippen LogP contribution in [0.3, 0.4) is 0 Å². The first-order valence-electron chi connectivity index (χ1n) is 5.23. The second-order valence-corrected chi connectivity index (χ2v) is 4.12. The van der Waals surface area contributed by atoms with Crippen LogP contribution < -0.4 is 5.73 Å². The van der Waals surface area contributed by atoms with Crippen molar-refractivity contribution in [3.8, 4) is 0 Å². The van der Waals surface area contributed by atoms with Gasteiger partial charge in [0.15, 0.2) is 0 Å². The molecule has 3 atom stereocenters. The van der Waals surface area contributed by atoms with Gasteiger partial charge in [-0.05, 0) is 24.3 Å². The van der Waals surface area contributed by atoms with E-state index in [0.717, 1.165) is 18.4 Å². The van der Waals surface area contributed by atoms with E-state index in [9.17, 15) is 4.79 Å². The number of aliphatic carboxylic acids is 1. The van der Waals surface area contributed by atoms with Crippen LogP contribution >= 0.6 is 12.4 Å². The van der Waals surface area contributed by atoms with E-state index in [4.69, 9.17) is 10.8 Å². The molecule has 4 heteroatoms. The number of nitrogens with two attached hydrogens (primary N) is 1. The smallest absolute Gasteiger partial charge is 0.308 e. The summed E-state index contributed by atoms with van der Waals surface area (Å²) >= 11 is 0. The molecule has 1 saturated carbocycles. The summed E-state index contributed by atoms with van der Waals surface area (Å²) < 4.78 is 0. The minimum atomic E-state index is -0.770. The van der Waals surface area contributed by atoms with Crippen molar-refractivity contribution in [2.75, 3.05) is 0 Å². The number of benzene rings is 1. The lowest BCUT2D eigenvalue weighted by molar-refractivity contribution is -0.142. The van der Waals surface area contributed by atoms with E-state index in [1.807, 2.05) is 30.3 Å². The van der Waals surface area contributed by atoms with Crippen LogP contribution in [0.2, 0.25) is 0 Å². The Morgan fingerprint density at radius 2 is 1.88 bits per heavy atom. The van der Waals surface area contributed by atoms with Gasteiger partial charge in [0.2, 0.25) is 0 Å². The van der Waals surface area contributed by atoms with Crippen LogP contribution in [0, 0.1) is 5.92 Å². The third-order valence-corrected chi connectivity index (χ3v) is 3.22. The Bertz CT molecular complexity index is 355. The van der Waals surface area contributed by atoms with Crippen LogP contribution in [0.5, 0.6) is 0 Å². The fourth-order valence-corrected chi connectivity index (χ4v) is 2.46. The van der Waals surface area contributed by atoms with Crippen molar-refractivity contribution < 1.29 is 9.90 Å². The Kier molecular flexibility index (Phi) is 4.33. The number of carbonyl (C=O) groups is 1. The molecule has 0 aliphatic heterocycles. The quantitative estimate of drug-likeness (QED) is 0.833. The molecular weight excluding hydrogens is 226 g/mol.